The second-order valence-electron chi connectivity index (χ2n) is 7.95. The molecule has 8 heteroatoms. The lowest BCUT2D eigenvalue weighted by Gasteiger charge is -2.23. The zero-order valence-electron chi connectivity index (χ0n) is 18.9. The molecule has 0 fully saturated rings. The van der Waals surface area contributed by atoms with E-state index in [9.17, 15) is 4.57 Å². The molecule has 0 aliphatic carbocycles. The number of hydrogen-bond donors (Lipinski definition) is 2. The molecule has 1 aliphatic rings. The van der Waals surface area contributed by atoms with Crippen LogP contribution in [0.25, 0.3) is 0 Å². The minimum atomic E-state index is -2.50. The molecular formula is C24H33N3O4P+. The van der Waals surface area contributed by atoms with Crippen LogP contribution in [0.5, 0.6) is 5.75 Å². The number of aryl methyl sites for hydroxylation is 1. The summed E-state index contributed by atoms with van der Waals surface area (Å²) in [5.41, 5.74) is 4.63. The average Bonchev–Trinajstić information content (AvgIpc) is 3.19. The Balaban J connectivity index is 1.48. The normalized spacial score (nSPS) is 16.2. The lowest BCUT2D eigenvalue weighted by atomic mass is 10.0. The van der Waals surface area contributed by atoms with Gasteiger partial charge in [0.25, 0.3) is 0 Å². The predicted molar refractivity (Wildman–Crippen MR) is 127 cm³/mol. The largest absolute Gasteiger partial charge is 0.694 e. The maximum Gasteiger partial charge on any atom is 0.694 e. The van der Waals surface area contributed by atoms with Crippen molar-refractivity contribution in [2.75, 3.05) is 26.3 Å². The summed E-state index contributed by atoms with van der Waals surface area (Å²) in [6.07, 6.45) is 2.63. The van der Waals surface area contributed by atoms with Crippen molar-refractivity contribution in [1.29, 1.82) is 0 Å². The third-order valence-corrected chi connectivity index (χ3v) is 5.76. The van der Waals surface area contributed by atoms with Crippen molar-refractivity contribution >= 4 is 14.0 Å². The molecule has 32 heavy (non-hydrogen) atoms. The summed E-state index contributed by atoms with van der Waals surface area (Å²) in [7, 11) is -2.50. The molecule has 0 bridgehead atoms. The molecule has 2 aromatic carbocycles. The molecule has 0 aromatic heterocycles. The Labute approximate surface area is 191 Å². The van der Waals surface area contributed by atoms with Gasteiger partial charge < -0.3 is 10.1 Å². The first-order chi connectivity index (χ1) is 15.6. The number of nitrogens with one attached hydrogen (secondary N) is 1. The SMILES string of the molecule is CCCN1N=C(COc2ccc(CNCCCO[P+](=O)O)cc2C)CC1c1ccccc1. The predicted octanol–water partition coefficient (Wildman–Crippen LogP) is 4.73. The first-order valence-corrected chi connectivity index (χ1v) is 12.3. The summed E-state index contributed by atoms with van der Waals surface area (Å²) in [4.78, 5) is 8.60. The third kappa shape index (κ3) is 7.38. The number of rotatable bonds is 13. The Morgan fingerprint density at radius 2 is 2.06 bits per heavy atom. The van der Waals surface area contributed by atoms with E-state index in [1.54, 1.807) is 0 Å². The van der Waals surface area contributed by atoms with Crippen LogP contribution in [0.1, 0.15) is 48.9 Å². The summed E-state index contributed by atoms with van der Waals surface area (Å²) in [6.45, 7) is 7.38. The van der Waals surface area contributed by atoms with Crippen LogP contribution in [-0.4, -0.2) is 41.9 Å². The molecular weight excluding hydrogens is 425 g/mol. The molecule has 0 saturated carbocycles. The molecule has 1 heterocycles. The molecule has 7 nitrogen and oxygen atoms in total. The Morgan fingerprint density at radius 3 is 2.78 bits per heavy atom. The first-order valence-electron chi connectivity index (χ1n) is 11.2. The van der Waals surface area contributed by atoms with E-state index in [1.165, 1.54) is 11.1 Å². The maximum atomic E-state index is 10.5. The molecule has 2 unspecified atom stereocenters. The summed E-state index contributed by atoms with van der Waals surface area (Å²) in [5, 5.41) is 10.4. The van der Waals surface area contributed by atoms with Crippen molar-refractivity contribution in [3.05, 3.63) is 65.2 Å². The van der Waals surface area contributed by atoms with Gasteiger partial charge in [-0.1, -0.05) is 49.4 Å². The monoisotopic (exact) mass is 458 g/mol. The zero-order chi connectivity index (χ0) is 22.8. The van der Waals surface area contributed by atoms with Crippen molar-refractivity contribution in [2.24, 2.45) is 5.10 Å². The lowest BCUT2D eigenvalue weighted by molar-refractivity contribution is 0.234. The van der Waals surface area contributed by atoms with Crippen LogP contribution >= 0.6 is 8.25 Å². The molecule has 0 amide bonds. The number of ether oxygens (including phenoxy) is 1. The van der Waals surface area contributed by atoms with Crippen molar-refractivity contribution in [1.82, 2.24) is 10.3 Å². The van der Waals surface area contributed by atoms with Gasteiger partial charge in [-0.15, -0.1) is 9.42 Å². The fourth-order valence-corrected chi connectivity index (χ4v) is 4.11. The highest BCUT2D eigenvalue weighted by Gasteiger charge is 2.27. The van der Waals surface area contributed by atoms with Gasteiger partial charge in [0.1, 0.15) is 19.0 Å². The van der Waals surface area contributed by atoms with Crippen LogP contribution < -0.4 is 10.1 Å². The van der Waals surface area contributed by atoms with E-state index in [4.69, 9.17) is 14.7 Å². The van der Waals surface area contributed by atoms with Crippen LogP contribution in [0, 0.1) is 6.92 Å². The highest BCUT2D eigenvalue weighted by molar-refractivity contribution is 7.32. The lowest BCUT2D eigenvalue weighted by Crippen LogP contribution is -2.20. The van der Waals surface area contributed by atoms with Crippen LogP contribution in [0.3, 0.4) is 0 Å². The van der Waals surface area contributed by atoms with Crippen LogP contribution in [-0.2, 0) is 15.6 Å². The zero-order valence-corrected chi connectivity index (χ0v) is 19.8. The minimum Gasteiger partial charge on any atom is -0.487 e. The summed E-state index contributed by atoms with van der Waals surface area (Å²) < 4.78 is 21.2. The van der Waals surface area contributed by atoms with Crippen LogP contribution in [0.2, 0.25) is 0 Å². The topological polar surface area (TPSA) is 83.4 Å². The first kappa shape index (κ1) is 24.3. The van der Waals surface area contributed by atoms with Crippen molar-refractivity contribution < 1.29 is 18.7 Å². The summed E-state index contributed by atoms with van der Waals surface area (Å²) >= 11 is 0. The van der Waals surface area contributed by atoms with Gasteiger partial charge >= 0.3 is 8.25 Å². The minimum absolute atomic E-state index is 0.273. The van der Waals surface area contributed by atoms with Gasteiger partial charge in [0.2, 0.25) is 0 Å². The van der Waals surface area contributed by atoms with Crippen LogP contribution in [0.15, 0.2) is 53.6 Å². The molecule has 0 saturated heterocycles. The average molecular weight is 459 g/mol. The molecule has 0 spiro atoms. The second-order valence-corrected chi connectivity index (χ2v) is 8.68. The summed E-state index contributed by atoms with van der Waals surface area (Å²) in [5.74, 6) is 0.877. The van der Waals surface area contributed by atoms with Crippen LogP contribution in [0.4, 0.5) is 0 Å². The number of hydrogen-bond acceptors (Lipinski definition) is 6. The standard InChI is InChI=1S/C24H32N3O4P/c1-3-13-27-23(21-8-5-4-6-9-21)16-22(26-27)18-30-24-11-10-20(15-19(24)2)17-25-12-7-14-31-32(28)29/h4-6,8-11,15,23,25H,3,7,12-14,16-18H2,1-2H3/p+1. The molecule has 2 aromatic rings. The summed E-state index contributed by atoms with van der Waals surface area (Å²) in [6, 6.07) is 17.0. The van der Waals surface area contributed by atoms with Gasteiger partial charge in [-0.3, -0.25) is 5.01 Å². The van der Waals surface area contributed by atoms with E-state index in [-0.39, 0.29) is 12.6 Å². The Kier molecular flexibility index (Phi) is 9.62. The van der Waals surface area contributed by atoms with Gasteiger partial charge in [0.05, 0.1) is 11.8 Å². The fraction of sp³-hybridized carbons (Fsp3) is 0.458. The van der Waals surface area contributed by atoms with E-state index >= 15 is 0 Å². The highest BCUT2D eigenvalue weighted by Crippen LogP contribution is 2.31. The molecule has 2 N–H and O–H groups in total. The molecule has 172 valence electrons. The number of nitrogens with zero attached hydrogens (tertiary/aromatic N) is 2. The Morgan fingerprint density at radius 1 is 1.25 bits per heavy atom. The molecule has 2 atom stereocenters. The second kappa shape index (κ2) is 12.7. The Hall–Kier alpha value is -2.31. The van der Waals surface area contributed by atoms with E-state index < -0.39 is 8.25 Å². The molecule has 3 rings (SSSR count). The van der Waals surface area contributed by atoms with Gasteiger partial charge in [0.15, 0.2) is 0 Å². The maximum absolute atomic E-state index is 10.5. The van der Waals surface area contributed by atoms with Gasteiger partial charge in [-0.05, 0) is 49.1 Å². The highest BCUT2D eigenvalue weighted by atomic mass is 31.1. The third-order valence-electron chi connectivity index (χ3n) is 5.36. The van der Waals surface area contributed by atoms with E-state index in [0.29, 0.717) is 13.0 Å². The Bertz CT molecular complexity index is 907. The van der Waals surface area contributed by atoms with Crippen molar-refractivity contribution in [3.63, 3.8) is 0 Å². The molecule has 0 radical (unpaired) electrons. The van der Waals surface area contributed by atoms with Crippen molar-refractivity contribution in [2.45, 2.75) is 45.7 Å². The van der Waals surface area contributed by atoms with Gasteiger partial charge in [-0.2, -0.15) is 5.10 Å². The number of hydrazone groups is 1. The quantitative estimate of drug-likeness (QED) is 0.333. The van der Waals surface area contributed by atoms with Gasteiger partial charge in [0, 0.05) is 24.1 Å². The van der Waals surface area contributed by atoms with E-state index in [0.717, 1.165) is 49.5 Å². The number of benzene rings is 2. The fourth-order valence-electron chi connectivity index (χ4n) is 3.83. The molecule has 1 aliphatic heterocycles. The van der Waals surface area contributed by atoms with E-state index in [1.807, 2.05) is 12.1 Å². The smallest absolute Gasteiger partial charge is 0.487 e. The van der Waals surface area contributed by atoms with E-state index in [2.05, 4.69) is 65.1 Å². The van der Waals surface area contributed by atoms with Crippen molar-refractivity contribution in [3.8, 4) is 5.75 Å². The van der Waals surface area contributed by atoms with Gasteiger partial charge in [-0.25, -0.2) is 0 Å².